The fourth-order valence-electron chi connectivity index (χ4n) is 2.21. The number of halogens is 1. The molecule has 2 rings (SSSR count). The Balaban J connectivity index is 2.02. The summed E-state index contributed by atoms with van der Waals surface area (Å²) in [7, 11) is 0. The van der Waals surface area contributed by atoms with Crippen molar-refractivity contribution in [2.75, 3.05) is 6.61 Å². The van der Waals surface area contributed by atoms with Crippen LogP contribution in [-0.4, -0.2) is 24.1 Å². The van der Waals surface area contributed by atoms with Crippen molar-refractivity contribution in [2.24, 2.45) is 5.92 Å². The third-order valence-corrected chi connectivity index (χ3v) is 3.90. The van der Waals surface area contributed by atoms with E-state index in [0.29, 0.717) is 10.8 Å². The summed E-state index contributed by atoms with van der Waals surface area (Å²) in [4.78, 5) is 24.2. The van der Waals surface area contributed by atoms with Gasteiger partial charge >= 0.3 is 5.97 Å². The predicted molar refractivity (Wildman–Crippen MR) is 100 cm³/mol. The fourth-order valence-corrected chi connectivity index (χ4v) is 2.34. The minimum Gasteiger partial charge on any atom is -0.488 e. The van der Waals surface area contributed by atoms with Crippen LogP contribution in [0.15, 0.2) is 48.5 Å². The summed E-state index contributed by atoms with van der Waals surface area (Å²) in [6.45, 7) is 0.996. The minimum absolute atomic E-state index is 0.0924. The van der Waals surface area contributed by atoms with Gasteiger partial charge in [-0.15, -0.1) is 0 Å². The van der Waals surface area contributed by atoms with Crippen molar-refractivity contribution in [1.82, 2.24) is 0 Å². The Hall–Kier alpha value is -3.17. The molecule has 0 aliphatic rings. The Bertz CT molecular complexity index is 888. The first-order chi connectivity index (χ1) is 12.9. The molecule has 27 heavy (non-hydrogen) atoms. The summed E-state index contributed by atoms with van der Waals surface area (Å²) in [6, 6.07) is 15.3. The molecule has 0 heterocycles. The number of nitrogens with zero attached hydrogens (tertiary/aromatic N) is 1. The highest BCUT2D eigenvalue weighted by Crippen LogP contribution is 2.21. The van der Waals surface area contributed by atoms with E-state index in [9.17, 15) is 9.59 Å². The van der Waals surface area contributed by atoms with Crippen LogP contribution < -0.4 is 4.74 Å². The molecule has 2 aromatic rings. The maximum absolute atomic E-state index is 12.3. The van der Waals surface area contributed by atoms with E-state index in [1.807, 2.05) is 12.1 Å². The third-order valence-electron chi connectivity index (χ3n) is 3.64. The van der Waals surface area contributed by atoms with E-state index in [-0.39, 0.29) is 17.9 Å². The third kappa shape index (κ3) is 5.66. The number of esters is 1. The largest absolute Gasteiger partial charge is 0.488 e. The van der Waals surface area contributed by atoms with Crippen molar-refractivity contribution in [3.05, 3.63) is 64.7 Å². The van der Waals surface area contributed by atoms with Gasteiger partial charge in [0.25, 0.3) is 0 Å². The molecule has 0 aliphatic heterocycles. The number of hydrogen-bond donors (Lipinski definition) is 1. The van der Waals surface area contributed by atoms with Crippen molar-refractivity contribution in [2.45, 2.75) is 13.5 Å². The maximum atomic E-state index is 12.3. The molecule has 0 fully saturated rings. The highest BCUT2D eigenvalue weighted by atomic mass is 35.5. The van der Waals surface area contributed by atoms with E-state index in [1.54, 1.807) is 36.4 Å². The average molecular weight is 385 g/mol. The topological polar surface area (TPSA) is 100 Å². The number of rotatable bonds is 8. The average Bonchev–Trinajstić information content (AvgIpc) is 2.66. The first-order valence-corrected chi connectivity index (χ1v) is 8.41. The van der Waals surface area contributed by atoms with Crippen molar-refractivity contribution < 1.29 is 19.1 Å². The molecule has 0 saturated carbocycles. The van der Waals surface area contributed by atoms with E-state index in [4.69, 9.17) is 31.7 Å². The van der Waals surface area contributed by atoms with Crippen LogP contribution in [0, 0.1) is 22.7 Å². The van der Waals surface area contributed by atoms with E-state index in [2.05, 4.69) is 0 Å². The number of benzene rings is 2. The normalized spacial score (nSPS) is 11.1. The van der Waals surface area contributed by atoms with Gasteiger partial charge in [-0.2, -0.15) is 5.26 Å². The van der Waals surface area contributed by atoms with Crippen molar-refractivity contribution in [3.8, 4) is 11.8 Å². The smallest absolute Gasteiger partial charge is 0.342 e. The molecule has 0 aliphatic carbocycles. The number of carbonyl (C=O) groups is 2. The summed E-state index contributed by atoms with van der Waals surface area (Å²) in [5.41, 5.74) is 0.945. The standard InChI is InChI=1S/C20H17ClN2O4/c1-13(23)17(10-22)18(24)12-27-20(25)16-4-2-3-5-19(16)26-11-14-6-8-15(21)9-7-14/h2-9,17,23H,11-12H2,1H3. The van der Waals surface area contributed by atoms with Crippen molar-refractivity contribution >= 4 is 29.1 Å². The van der Waals surface area contributed by atoms with Crippen LogP contribution in [-0.2, 0) is 16.1 Å². The molecule has 0 amide bonds. The monoisotopic (exact) mass is 384 g/mol. The number of para-hydroxylation sites is 1. The molecule has 138 valence electrons. The molecule has 1 atom stereocenters. The van der Waals surface area contributed by atoms with Crippen LogP contribution in [0.3, 0.4) is 0 Å². The molecule has 6 nitrogen and oxygen atoms in total. The van der Waals surface area contributed by atoms with Crippen molar-refractivity contribution in [3.63, 3.8) is 0 Å². The molecule has 1 N–H and O–H groups in total. The van der Waals surface area contributed by atoms with Gasteiger partial charge in [0.05, 0.1) is 6.07 Å². The zero-order chi connectivity index (χ0) is 19.8. The van der Waals surface area contributed by atoms with Crippen LogP contribution in [0.2, 0.25) is 5.02 Å². The lowest BCUT2D eigenvalue weighted by molar-refractivity contribution is -0.122. The Morgan fingerprint density at radius 3 is 2.48 bits per heavy atom. The van der Waals surface area contributed by atoms with E-state index >= 15 is 0 Å². The molecule has 1 unspecified atom stereocenters. The van der Waals surface area contributed by atoms with E-state index in [1.165, 1.54) is 13.0 Å². The first-order valence-electron chi connectivity index (χ1n) is 8.03. The van der Waals surface area contributed by atoms with Gasteiger partial charge in [0.1, 0.15) is 23.8 Å². The lowest BCUT2D eigenvalue weighted by atomic mass is 10.0. The van der Waals surface area contributed by atoms with Gasteiger partial charge in [0.15, 0.2) is 12.4 Å². The Kier molecular flexibility index (Phi) is 7.09. The minimum atomic E-state index is -1.21. The lowest BCUT2D eigenvalue weighted by Gasteiger charge is -2.12. The molecular weight excluding hydrogens is 368 g/mol. The van der Waals surface area contributed by atoms with Crippen LogP contribution in [0.1, 0.15) is 22.8 Å². The van der Waals surface area contributed by atoms with Gasteiger partial charge in [-0.25, -0.2) is 4.79 Å². The summed E-state index contributed by atoms with van der Waals surface area (Å²) in [5.74, 6) is -2.29. The van der Waals surface area contributed by atoms with E-state index in [0.717, 1.165) is 5.56 Å². The Labute approximate surface area is 161 Å². The van der Waals surface area contributed by atoms with Gasteiger partial charge < -0.3 is 14.9 Å². The number of Topliss-reactive ketones (excluding diaryl/α,β-unsaturated/α-hetero) is 1. The fraction of sp³-hybridized carbons (Fsp3) is 0.200. The number of ketones is 1. The first kappa shape index (κ1) is 20.1. The summed E-state index contributed by atoms with van der Waals surface area (Å²) in [6.07, 6.45) is 0. The predicted octanol–water partition coefficient (Wildman–Crippen LogP) is 3.82. The lowest BCUT2D eigenvalue weighted by Crippen LogP contribution is -2.25. The van der Waals surface area contributed by atoms with Gasteiger partial charge in [0.2, 0.25) is 0 Å². The number of ether oxygens (including phenoxy) is 2. The highest BCUT2D eigenvalue weighted by Gasteiger charge is 2.22. The second-order valence-corrected chi connectivity index (χ2v) is 6.14. The van der Waals surface area contributed by atoms with Crippen molar-refractivity contribution in [1.29, 1.82) is 10.7 Å². The summed E-state index contributed by atoms with van der Waals surface area (Å²) < 4.78 is 10.7. The van der Waals surface area contributed by atoms with Gasteiger partial charge in [-0.1, -0.05) is 35.9 Å². The zero-order valence-corrected chi connectivity index (χ0v) is 15.3. The molecule has 0 bridgehead atoms. The van der Waals surface area contributed by atoms with Gasteiger partial charge in [-0.05, 0) is 36.8 Å². The molecule has 0 aromatic heterocycles. The quantitative estimate of drug-likeness (QED) is 0.550. The van der Waals surface area contributed by atoms with Crippen LogP contribution in [0.5, 0.6) is 5.75 Å². The second kappa shape index (κ2) is 9.51. The van der Waals surface area contributed by atoms with Gasteiger partial charge in [-0.3, -0.25) is 4.79 Å². The number of hydrogen-bond acceptors (Lipinski definition) is 6. The number of nitriles is 1. The number of nitrogens with one attached hydrogen (secondary N) is 1. The summed E-state index contributed by atoms with van der Waals surface area (Å²) in [5, 5.41) is 16.9. The zero-order valence-electron chi connectivity index (χ0n) is 14.6. The van der Waals surface area contributed by atoms with Crippen LogP contribution >= 0.6 is 11.6 Å². The van der Waals surface area contributed by atoms with Crippen LogP contribution in [0.4, 0.5) is 0 Å². The Morgan fingerprint density at radius 1 is 1.19 bits per heavy atom. The molecule has 0 spiro atoms. The van der Waals surface area contributed by atoms with Gasteiger partial charge in [0, 0.05) is 10.7 Å². The Morgan fingerprint density at radius 2 is 1.85 bits per heavy atom. The van der Waals surface area contributed by atoms with Crippen LogP contribution in [0.25, 0.3) is 0 Å². The molecule has 0 saturated heterocycles. The second-order valence-electron chi connectivity index (χ2n) is 5.70. The molecule has 0 radical (unpaired) electrons. The molecule has 2 aromatic carbocycles. The molecular formula is C20H17ClN2O4. The highest BCUT2D eigenvalue weighted by molar-refractivity contribution is 6.30. The maximum Gasteiger partial charge on any atom is 0.342 e. The molecule has 7 heteroatoms. The van der Waals surface area contributed by atoms with E-state index < -0.39 is 24.3 Å². The summed E-state index contributed by atoms with van der Waals surface area (Å²) >= 11 is 5.85. The number of carbonyl (C=O) groups excluding carboxylic acids is 2. The SMILES string of the molecule is CC(=N)C(C#N)C(=O)COC(=O)c1ccccc1OCc1ccc(Cl)cc1.